The van der Waals surface area contributed by atoms with Crippen molar-refractivity contribution >= 4 is 11.6 Å². The smallest absolute Gasteiger partial charge is 0.0992 e. The molecule has 0 spiro atoms. The predicted molar refractivity (Wildman–Crippen MR) is 73.5 cm³/mol. The molecule has 1 N–H and O–H groups in total. The third kappa shape index (κ3) is 2.84. The minimum absolute atomic E-state index is 0.500. The van der Waals surface area contributed by atoms with Crippen LogP contribution in [0.2, 0.25) is 5.02 Å². The molecule has 1 aromatic carbocycles. The van der Waals surface area contributed by atoms with Crippen molar-refractivity contribution in [2.24, 2.45) is 0 Å². The molecule has 0 aromatic heterocycles. The standard InChI is InChI=1S/C14H18ClN3/c1-10-7-17-8-11(2)18(10)9-13-4-3-12(6-16)5-14(13)15/h3-5,10-11,17H,7-9H2,1-2H3. The van der Waals surface area contributed by atoms with E-state index in [1.807, 2.05) is 12.1 Å². The van der Waals surface area contributed by atoms with E-state index in [1.54, 1.807) is 6.07 Å². The zero-order valence-electron chi connectivity index (χ0n) is 10.8. The summed E-state index contributed by atoms with van der Waals surface area (Å²) in [7, 11) is 0. The highest BCUT2D eigenvalue weighted by molar-refractivity contribution is 6.31. The summed E-state index contributed by atoms with van der Waals surface area (Å²) in [6, 6.07) is 8.65. The molecule has 2 rings (SSSR count). The number of piperazine rings is 1. The molecule has 0 aliphatic carbocycles. The van der Waals surface area contributed by atoms with Gasteiger partial charge in [-0.15, -0.1) is 0 Å². The average Bonchev–Trinajstić information content (AvgIpc) is 2.35. The Morgan fingerprint density at radius 2 is 2.06 bits per heavy atom. The van der Waals surface area contributed by atoms with Crippen LogP contribution in [0.1, 0.15) is 25.0 Å². The molecular weight excluding hydrogens is 246 g/mol. The Kier molecular flexibility index (Phi) is 4.23. The second kappa shape index (κ2) is 5.71. The van der Waals surface area contributed by atoms with Gasteiger partial charge in [-0.05, 0) is 31.5 Å². The fraction of sp³-hybridized carbons (Fsp3) is 0.500. The van der Waals surface area contributed by atoms with Gasteiger partial charge in [-0.2, -0.15) is 5.26 Å². The molecular formula is C14H18ClN3. The van der Waals surface area contributed by atoms with Gasteiger partial charge in [-0.3, -0.25) is 4.90 Å². The van der Waals surface area contributed by atoms with Crippen molar-refractivity contribution in [2.75, 3.05) is 13.1 Å². The van der Waals surface area contributed by atoms with Crippen molar-refractivity contribution in [3.05, 3.63) is 34.3 Å². The minimum Gasteiger partial charge on any atom is -0.314 e. The fourth-order valence-electron chi connectivity index (χ4n) is 2.42. The Balaban J connectivity index is 2.15. The van der Waals surface area contributed by atoms with Gasteiger partial charge >= 0.3 is 0 Å². The highest BCUT2D eigenvalue weighted by Crippen LogP contribution is 2.22. The van der Waals surface area contributed by atoms with E-state index in [9.17, 15) is 0 Å². The summed E-state index contributed by atoms with van der Waals surface area (Å²) in [5, 5.41) is 12.9. The van der Waals surface area contributed by atoms with E-state index in [2.05, 4.69) is 30.1 Å². The van der Waals surface area contributed by atoms with E-state index in [0.717, 1.165) is 25.2 Å². The second-order valence-electron chi connectivity index (χ2n) is 4.95. The molecule has 18 heavy (non-hydrogen) atoms. The van der Waals surface area contributed by atoms with Crippen LogP contribution in [0.4, 0.5) is 0 Å². The first kappa shape index (κ1) is 13.4. The molecule has 96 valence electrons. The zero-order valence-corrected chi connectivity index (χ0v) is 11.5. The van der Waals surface area contributed by atoms with Crippen molar-refractivity contribution in [3.8, 4) is 6.07 Å². The number of nitriles is 1. The largest absolute Gasteiger partial charge is 0.314 e. The van der Waals surface area contributed by atoms with E-state index in [-0.39, 0.29) is 0 Å². The van der Waals surface area contributed by atoms with Gasteiger partial charge in [0.05, 0.1) is 11.6 Å². The topological polar surface area (TPSA) is 39.1 Å². The van der Waals surface area contributed by atoms with Crippen molar-refractivity contribution in [1.82, 2.24) is 10.2 Å². The lowest BCUT2D eigenvalue weighted by Crippen LogP contribution is -2.54. The molecule has 1 heterocycles. The van der Waals surface area contributed by atoms with Crippen LogP contribution in [0.5, 0.6) is 0 Å². The Bertz CT molecular complexity index is 457. The third-order valence-electron chi connectivity index (χ3n) is 3.55. The van der Waals surface area contributed by atoms with Crippen LogP contribution in [-0.4, -0.2) is 30.1 Å². The maximum Gasteiger partial charge on any atom is 0.0992 e. The zero-order chi connectivity index (χ0) is 13.1. The van der Waals surface area contributed by atoms with Gasteiger partial charge in [0.1, 0.15) is 0 Å². The number of nitrogens with zero attached hydrogens (tertiary/aromatic N) is 2. The Morgan fingerprint density at radius 1 is 1.39 bits per heavy atom. The van der Waals surface area contributed by atoms with Crippen LogP contribution < -0.4 is 5.32 Å². The van der Waals surface area contributed by atoms with Gasteiger partial charge in [0.2, 0.25) is 0 Å². The van der Waals surface area contributed by atoms with Crippen LogP contribution in [0.3, 0.4) is 0 Å². The van der Waals surface area contributed by atoms with Gasteiger partial charge in [-0.25, -0.2) is 0 Å². The van der Waals surface area contributed by atoms with Gasteiger partial charge < -0.3 is 5.32 Å². The first-order valence-electron chi connectivity index (χ1n) is 6.27. The van der Waals surface area contributed by atoms with E-state index in [0.29, 0.717) is 22.7 Å². The van der Waals surface area contributed by atoms with E-state index < -0.39 is 0 Å². The summed E-state index contributed by atoms with van der Waals surface area (Å²) in [6.07, 6.45) is 0. The Hall–Kier alpha value is -1.08. The molecule has 1 fully saturated rings. The van der Waals surface area contributed by atoms with Crippen LogP contribution in [-0.2, 0) is 6.54 Å². The second-order valence-corrected chi connectivity index (χ2v) is 5.35. The predicted octanol–water partition coefficient (Wildman–Crippen LogP) is 2.39. The SMILES string of the molecule is CC1CNCC(C)N1Cc1ccc(C#N)cc1Cl. The third-order valence-corrected chi connectivity index (χ3v) is 3.90. The highest BCUT2D eigenvalue weighted by Gasteiger charge is 2.24. The molecule has 0 bridgehead atoms. The number of hydrogen-bond acceptors (Lipinski definition) is 3. The fourth-order valence-corrected chi connectivity index (χ4v) is 2.66. The average molecular weight is 264 g/mol. The molecule has 4 heteroatoms. The summed E-state index contributed by atoms with van der Waals surface area (Å²) < 4.78 is 0. The first-order chi connectivity index (χ1) is 8.61. The molecule has 0 radical (unpaired) electrons. The van der Waals surface area contributed by atoms with Crippen molar-refractivity contribution in [2.45, 2.75) is 32.5 Å². The van der Waals surface area contributed by atoms with Crippen LogP contribution in [0.25, 0.3) is 0 Å². The summed E-state index contributed by atoms with van der Waals surface area (Å²) in [4.78, 5) is 2.45. The number of halogens is 1. The molecule has 1 aromatic rings. The Labute approximate surface area is 113 Å². The molecule has 2 atom stereocenters. The van der Waals surface area contributed by atoms with E-state index >= 15 is 0 Å². The summed E-state index contributed by atoms with van der Waals surface area (Å²) in [5.74, 6) is 0. The van der Waals surface area contributed by atoms with Crippen LogP contribution >= 0.6 is 11.6 Å². The lowest BCUT2D eigenvalue weighted by atomic mass is 10.1. The van der Waals surface area contributed by atoms with Crippen LogP contribution in [0.15, 0.2) is 18.2 Å². The Morgan fingerprint density at radius 3 is 2.61 bits per heavy atom. The number of benzene rings is 1. The number of hydrogen-bond donors (Lipinski definition) is 1. The summed E-state index contributed by atoms with van der Waals surface area (Å²) in [6.45, 7) is 7.31. The van der Waals surface area contributed by atoms with Crippen molar-refractivity contribution in [1.29, 1.82) is 5.26 Å². The van der Waals surface area contributed by atoms with Crippen molar-refractivity contribution in [3.63, 3.8) is 0 Å². The lowest BCUT2D eigenvalue weighted by molar-refractivity contribution is 0.109. The molecule has 0 saturated carbocycles. The summed E-state index contributed by atoms with van der Waals surface area (Å²) in [5.41, 5.74) is 1.71. The maximum absolute atomic E-state index is 8.83. The first-order valence-corrected chi connectivity index (χ1v) is 6.64. The number of rotatable bonds is 2. The van der Waals surface area contributed by atoms with Crippen LogP contribution in [0, 0.1) is 11.3 Å². The highest BCUT2D eigenvalue weighted by atomic mass is 35.5. The monoisotopic (exact) mass is 263 g/mol. The van der Waals surface area contributed by atoms with E-state index in [4.69, 9.17) is 16.9 Å². The molecule has 2 unspecified atom stereocenters. The number of nitrogens with one attached hydrogen (secondary N) is 1. The van der Waals surface area contributed by atoms with Gasteiger partial charge in [0.15, 0.2) is 0 Å². The van der Waals surface area contributed by atoms with Gasteiger partial charge in [0, 0.05) is 36.7 Å². The lowest BCUT2D eigenvalue weighted by Gasteiger charge is -2.39. The normalized spacial score (nSPS) is 24.8. The molecule has 1 aliphatic heterocycles. The van der Waals surface area contributed by atoms with Crippen molar-refractivity contribution < 1.29 is 0 Å². The minimum atomic E-state index is 0.500. The van der Waals surface area contributed by atoms with E-state index in [1.165, 1.54) is 0 Å². The molecule has 0 amide bonds. The molecule has 3 nitrogen and oxygen atoms in total. The van der Waals surface area contributed by atoms with Gasteiger partial charge in [0.25, 0.3) is 0 Å². The quantitative estimate of drug-likeness (QED) is 0.891. The van der Waals surface area contributed by atoms with Gasteiger partial charge in [-0.1, -0.05) is 17.7 Å². The maximum atomic E-state index is 8.83. The molecule has 1 saturated heterocycles. The summed E-state index contributed by atoms with van der Waals surface area (Å²) >= 11 is 6.23. The molecule has 1 aliphatic rings.